The van der Waals surface area contributed by atoms with Crippen LogP contribution < -0.4 is 10.6 Å². The molecule has 2 N–H and O–H groups in total. The Labute approximate surface area is 161 Å². The summed E-state index contributed by atoms with van der Waals surface area (Å²) < 4.78 is 0. The summed E-state index contributed by atoms with van der Waals surface area (Å²) in [6.07, 6.45) is 1.87. The summed E-state index contributed by atoms with van der Waals surface area (Å²) >= 11 is 0. The lowest BCUT2D eigenvalue weighted by Gasteiger charge is -2.19. The van der Waals surface area contributed by atoms with Gasteiger partial charge in [-0.2, -0.15) is 0 Å². The molecule has 0 radical (unpaired) electrons. The molecule has 144 valence electrons. The Morgan fingerprint density at radius 2 is 1.67 bits per heavy atom. The molecule has 0 saturated carbocycles. The van der Waals surface area contributed by atoms with E-state index in [9.17, 15) is 9.59 Å². The molecule has 0 fully saturated rings. The number of likely N-dealkylation sites (N-methyl/N-ethyl adjacent to an activating group) is 1. The summed E-state index contributed by atoms with van der Waals surface area (Å²) in [7, 11) is 3.53. The van der Waals surface area contributed by atoms with Gasteiger partial charge in [0.15, 0.2) is 0 Å². The quantitative estimate of drug-likeness (QED) is 0.716. The zero-order valence-corrected chi connectivity index (χ0v) is 16.4. The van der Waals surface area contributed by atoms with Gasteiger partial charge in [-0.1, -0.05) is 42.5 Å². The second-order valence-electron chi connectivity index (χ2n) is 6.94. The minimum atomic E-state index is -0.0984. The molecular formula is C22H29N3O2. The Hall–Kier alpha value is -2.66. The zero-order valence-electron chi connectivity index (χ0n) is 16.4. The lowest BCUT2D eigenvalue weighted by atomic mass is 10.1. The van der Waals surface area contributed by atoms with Gasteiger partial charge < -0.3 is 10.6 Å². The first-order chi connectivity index (χ1) is 13.0. The highest BCUT2D eigenvalue weighted by atomic mass is 16.2. The van der Waals surface area contributed by atoms with E-state index < -0.39 is 0 Å². The van der Waals surface area contributed by atoms with Gasteiger partial charge in [0, 0.05) is 25.2 Å². The molecular weight excluding hydrogens is 338 g/mol. The molecule has 27 heavy (non-hydrogen) atoms. The fourth-order valence-electron chi connectivity index (χ4n) is 2.94. The number of hydrogen-bond acceptors (Lipinski definition) is 3. The van der Waals surface area contributed by atoms with Crippen molar-refractivity contribution in [3.05, 3.63) is 71.3 Å². The van der Waals surface area contributed by atoms with Crippen molar-refractivity contribution in [2.75, 3.05) is 20.6 Å². The summed E-state index contributed by atoms with van der Waals surface area (Å²) in [5.41, 5.74) is 2.99. The highest BCUT2D eigenvalue weighted by Crippen LogP contribution is 2.07. The lowest BCUT2D eigenvalue weighted by Crippen LogP contribution is -2.39. The van der Waals surface area contributed by atoms with Gasteiger partial charge in [-0.3, -0.25) is 14.5 Å². The number of hydrogen-bond donors (Lipinski definition) is 2. The fraction of sp³-hybridized carbons (Fsp3) is 0.364. The first-order valence-electron chi connectivity index (χ1n) is 9.30. The van der Waals surface area contributed by atoms with E-state index in [1.165, 1.54) is 5.56 Å². The van der Waals surface area contributed by atoms with Crippen LogP contribution in [0, 0.1) is 0 Å². The lowest BCUT2D eigenvalue weighted by molar-refractivity contribution is -0.122. The van der Waals surface area contributed by atoms with Crippen LogP contribution in [0.2, 0.25) is 0 Å². The summed E-state index contributed by atoms with van der Waals surface area (Å²) in [6, 6.07) is 17.9. The molecule has 5 heteroatoms. The highest BCUT2D eigenvalue weighted by molar-refractivity contribution is 5.93. The van der Waals surface area contributed by atoms with Crippen LogP contribution in [0.4, 0.5) is 0 Å². The van der Waals surface area contributed by atoms with Crippen molar-refractivity contribution in [1.82, 2.24) is 15.5 Å². The van der Waals surface area contributed by atoms with Crippen LogP contribution in [-0.2, 0) is 17.8 Å². The van der Waals surface area contributed by atoms with Crippen LogP contribution in [0.5, 0.6) is 0 Å². The van der Waals surface area contributed by atoms with E-state index in [-0.39, 0.29) is 17.9 Å². The molecule has 0 aliphatic rings. The van der Waals surface area contributed by atoms with E-state index in [4.69, 9.17) is 0 Å². The number of aryl methyl sites for hydroxylation is 1. The minimum absolute atomic E-state index is 0.0278. The normalized spacial score (nSPS) is 11.9. The minimum Gasteiger partial charge on any atom is -0.355 e. The summed E-state index contributed by atoms with van der Waals surface area (Å²) in [6.45, 7) is 3.03. The molecule has 0 aromatic heterocycles. The molecule has 1 atom stereocenters. The molecule has 0 unspecified atom stereocenters. The zero-order chi connectivity index (χ0) is 19.6. The topological polar surface area (TPSA) is 61.4 Å². The third-order valence-corrected chi connectivity index (χ3v) is 4.43. The Morgan fingerprint density at radius 3 is 2.30 bits per heavy atom. The molecule has 5 nitrogen and oxygen atoms in total. The van der Waals surface area contributed by atoms with E-state index in [0.717, 1.165) is 18.4 Å². The van der Waals surface area contributed by atoms with Crippen LogP contribution in [0.15, 0.2) is 54.6 Å². The second-order valence-corrected chi connectivity index (χ2v) is 6.94. The van der Waals surface area contributed by atoms with Crippen LogP contribution in [0.25, 0.3) is 0 Å². The second kappa shape index (κ2) is 10.5. The van der Waals surface area contributed by atoms with Gasteiger partial charge in [0.25, 0.3) is 5.91 Å². The summed E-state index contributed by atoms with van der Waals surface area (Å²) in [5.74, 6) is -0.0705. The molecule has 2 aromatic carbocycles. The number of benzene rings is 2. The average Bonchev–Trinajstić information content (AvgIpc) is 2.67. The number of nitrogens with zero attached hydrogens (tertiary/aromatic N) is 1. The third kappa shape index (κ3) is 7.23. The van der Waals surface area contributed by atoms with Crippen LogP contribution in [-0.4, -0.2) is 43.4 Å². The van der Waals surface area contributed by atoms with Crippen molar-refractivity contribution in [2.45, 2.75) is 32.4 Å². The SMILES string of the molecule is CNC(=O)c1ccc(CN(C)CC(=O)N[C@H](C)CCc2ccccc2)cc1. The van der Waals surface area contributed by atoms with E-state index in [0.29, 0.717) is 18.7 Å². The van der Waals surface area contributed by atoms with Gasteiger partial charge in [0.1, 0.15) is 0 Å². The third-order valence-electron chi connectivity index (χ3n) is 4.43. The maximum atomic E-state index is 12.2. The number of rotatable bonds is 9. The van der Waals surface area contributed by atoms with Gasteiger partial charge in [0.2, 0.25) is 5.91 Å². The largest absolute Gasteiger partial charge is 0.355 e. The van der Waals surface area contributed by atoms with E-state index in [1.54, 1.807) is 19.2 Å². The summed E-state index contributed by atoms with van der Waals surface area (Å²) in [4.78, 5) is 25.8. The predicted molar refractivity (Wildman–Crippen MR) is 109 cm³/mol. The van der Waals surface area contributed by atoms with Crippen LogP contribution >= 0.6 is 0 Å². The van der Waals surface area contributed by atoms with Gasteiger partial charge in [-0.15, -0.1) is 0 Å². The number of amides is 2. The van der Waals surface area contributed by atoms with Crippen molar-refractivity contribution >= 4 is 11.8 Å². The van der Waals surface area contributed by atoms with E-state index in [2.05, 4.69) is 22.8 Å². The van der Waals surface area contributed by atoms with Gasteiger partial charge in [0.05, 0.1) is 6.54 Å². The number of carbonyl (C=O) groups is 2. The Bertz CT molecular complexity index is 729. The maximum Gasteiger partial charge on any atom is 0.251 e. The highest BCUT2D eigenvalue weighted by Gasteiger charge is 2.11. The molecule has 2 rings (SSSR count). The van der Waals surface area contributed by atoms with E-state index in [1.807, 2.05) is 49.2 Å². The van der Waals surface area contributed by atoms with Gasteiger partial charge >= 0.3 is 0 Å². The van der Waals surface area contributed by atoms with Gasteiger partial charge in [-0.25, -0.2) is 0 Å². The first-order valence-corrected chi connectivity index (χ1v) is 9.30. The van der Waals surface area contributed by atoms with Crippen LogP contribution in [0.1, 0.15) is 34.8 Å². The molecule has 0 aliphatic carbocycles. The molecule has 2 aromatic rings. The number of carbonyl (C=O) groups excluding carboxylic acids is 2. The Morgan fingerprint density at radius 1 is 1.00 bits per heavy atom. The van der Waals surface area contributed by atoms with E-state index >= 15 is 0 Å². The van der Waals surface area contributed by atoms with Gasteiger partial charge in [-0.05, 0) is 50.1 Å². The fourth-order valence-corrected chi connectivity index (χ4v) is 2.94. The smallest absolute Gasteiger partial charge is 0.251 e. The molecule has 0 aliphatic heterocycles. The van der Waals surface area contributed by atoms with Crippen LogP contribution in [0.3, 0.4) is 0 Å². The van der Waals surface area contributed by atoms with Crippen molar-refractivity contribution in [1.29, 1.82) is 0 Å². The molecule has 0 saturated heterocycles. The average molecular weight is 367 g/mol. The summed E-state index contributed by atoms with van der Waals surface area (Å²) in [5, 5.41) is 5.67. The number of nitrogens with one attached hydrogen (secondary N) is 2. The molecule has 0 bridgehead atoms. The van der Waals surface area contributed by atoms with Crippen molar-refractivity contribution < 1.29 is 9.59 Å². The molecule has 2 amide bonds. The predicted octanol–water partition coefficient (Wildman–Crippen LogP) is 2.62. The Balaban J connectivity index is 1.73. The standard InChI is InChI=1S/C22H29N3O2/c1-17(9-10-18-7-5-4-6-8-18)24-21(26)16-25(3)15-19-11-13-20(14-12-19)22(27)23-2/h4-8,11-14,17H,9-10,15-16H2,1-3H3,(H,23,27)(H,24,26)/t17-/m1/s1. The van der Waals surface area contributed by atoms with Crippen molar-refractivity contribution in [3.8, 4) is 0 Å². The molecule has 0 heterocycles. The monoisotopic (exact) mass is 367 g/mol. The maximum absolute atomic E-state index is 12.2. The first kappa shape index (κ1) is 20.6. The Kier molecular flexibility index (Phi) is 8.01. The molecule has 0 spiro atoms. The van der Waals surface area contributed by atoms with Crippen molar-refractivity contribution in [2.24, 2.45) is 0 Å². The van der Waals surface area contributed by atoms with Crippen molar-refractivity contribution in [3.63, 3.8) is 0 Å².